The summed E-state index contributed by atoms with van der Waals surface area (Å²) in [5.74, 6) is -0.00727. The number of hydrogen-bond acceptors (Lipinski definition) is 4. The number of para-hydroxylation sites is 2. The highest BCUT2D eigenvalue weighted by Gasteiger charge is 2.18. The number of halogens is 3. The van der Waals surface area contributed by atoms with Crippen LogP contribution in [0.25, 0.3) is 0 Å². The molecule has 0 saturated carbocycles. The van der Waals surface area contributed by atoms with E-state index >= 15 is 0 Å². The molecule has 0 aliphatic carbocycles. The fraction of sp³-hybridized carbons (Fsp3) is 0.533. The fourth-order valence-electron chi connectivity index (χ4n) is 2.52. The first-order valence-corrected chi connectivity index (χ1v) is 7.25. The van der Waals surface area contributed by atoms with Crippen molar-refractivity contribution in [2.24, 2.45) is 0 Å². The summed E-state index contributed by atoms with van der Waals surface area (Å²) in [5.41, 5.74) is 2.02. The SMILES string of the molecule is CCN1CCN(c2ccccc2NC(=O)CNC)CC1.Cl.Cl.Cl. The summed E-state index contributed by atoms with van der Waals surface area (Å²) in [4.78, 5) is 16.5. The van der Waals surface area contributed by atoms with E-state index in [0.717, 1.165) is 44.1 Å². The lowest BCUT2D eigenvalue weighted by molar-refractivity contribution is -0.115. The predicted molar refractivity (Wildman–Crippen MR) is 105 cm³/mol. The number of likely N-dealkylation sites (N-methyl/N-ethyl adjacent to an activating group) is 2. The number of rotatable bonds is 5. The van der Waals surface area contributed by atoms with Crippen LogP contribution in [0.4, 0.5) is 11.4 Å². The topological polar surface area (TPSA) is 47.6 Å². The van der Waals surface area contributed by atoms with Crippen molar-refractivity contribution < 1.29 is 4.79 Å². The molecule has 1 heterocycles. The predicted octanol–water partition coefficient (Wildman–Crippen LogP) is 2.25. The molecule has 0 aromatic heterocycles. The number of benzene rings is 1. The summed E-state index contributed by atoms with van der Waals surface area (Å²) in [7, 11) is 1.77. The highest BCUT2D eigenvalue weighted by atomic mass is 35.5. The van der Waals surface area contributed by atoms with E-state index in [9.17, 15) is 4.79 Å². The van der Waals surface area contributed by atoms with E-state index in [0.29, 0.717) is 6.54 Å². The van der Waals surface area contributed by atoms with Gasteiger partial charge in [-0.3, -0.25) is 4.79 Å². The minimum absolute atomic E-state index is 0. The molecule has 0 spiro atoms. The Balaban J connectivity index is 0. The molecule has 0 radical (unpaired) electrons. The lowest BCUT2D eigenvalue weighted by Crippen LogP contribution is -2.46. The molecule has 1 aromatic carbocycles. The number of carbonyl (C=O) groups is 1. The van der Waals surface area contributed by atoms with Crippen molar-refractivity contribution in [1.29, 1.82) is 0 Å². The third-order valence-electron chi connectivity index (χ3n) is 3.68. The van der Waals surface area contributed by atoms with E-state index < -0.39 is 0 Å². The zero-order chi connectivity index (χ0) is 14.4. The molecule has 0 unspecified atom stereocenters. The van der Waals surface area contributed by atoms with Crippen LogP contribution in [0.1, 0.15) is 6.92 Å². The number of nitrogens with one attached hydrogen (secondary N) is 2. The molecule has 1 aliphatic rings. The van der Waals surface area contributed by atoms with Crippen LogP contribution < -0.4 is 15.5 Å². The summed E-state index contributed by atoms with van der Waals surface area (Å²) < 4.78 is 0. The third kappa shape index (κ3) is 7.14. The maximum Gasteiger partial charge on any atom is 0.238 e. The summed E-state index contributed by atoms with van der Waals surface area (Å²) in [5, 5.41) is 5.85. The molecule has 1 aromatic rings. The van der Waals surface area contributed by atoms with Gasteiger partial charge in [-0.15, -0.1) is 37.2 Å². The molecule has 134 valence electrons. The van der Waals surface area contributed by atoms with E-state index in [1.807, 2.05) is 18.2 Å². The van der Waals surface area contributed by atoms with Gasteiger partial charge in [0, 0.05) is 26.2 Å². The minimum Gasteiger partial charge on any atom is -0.367 e. The molecular weight excluding hydrogens is 359 g/mol. The summed E-state index contributed by atoms with van der Waals surface area (Å²) >= 11 is 0. The number of anilines is 2. The first-order chi connectivity index (χ1) is 9.74. The molecule has 23 heavy (non-hydrogen) atoms. The van der Waals surface area contributed by atoms with Gasteiger partial charge >= 0.3 is 0 Å². The quantitative estimate of drug-likeness (QED) is 0.816. The zero-order valence-electron chi connectivity index (χ0n) is 13.6. The van der Waals surface area contributed by atoms with Crippen molar-refractivity contribution >= 4 is 54.5 Å². The molecule has 1 saturated heterocycles. The van der Waals surface area contributed by atoms with Crippen molar-refractivity contribution in [2.45, 2.75) is 6.92 Å². The van der Waals surface area contributed by atoms with Gasteiger partial charge in [-0.2, -0.15) is 0 Å². The Hall–Kier alpha value is -0.720. The number of carbonyl (C=O) groups excluding carboxylic acids is 1. The average Bonchev–Trinajstić information content (AvgIpc) is 2.48. The summed E-state index contributed by atoms with van der Waals surface area (Å²) in [6, 6.07) is 8.03. The van der Waals surface area contributed by atoms with Crippen LogP contribution >= 0.6 is 37.2 Å². The highest BCUT2D eigenvalue weighted by molar-refractivity contribution is 5.95. The maximum atomic E-state index is 11.7. The van der Waals surface area contributed by atoms with Gasteiger partial charge in [0.25, 0.3) is 0 Å². The summed E-state index contributed by atoms with van der Waals surface area (Å²) in [6.07, 6.45) is 0. The first kappa shape index (κ1) is 24.5. The van der Waals surface area contributed by atoms with E-state index in [1.54, 1.807) is 7.05 Å². The van der Waals surface area contributed by atoms with Crippen LogP contribution in [-0.4, -0.2) is 57.1 Å². The van der Waals surface area contributed by atoms with Crippen LogP contribution in [0.5, 0.6) is 0 Å². The van der Waals surface area contributed by atoms with Gasteiger partial charge in [-0.1, -0.05) is 19.1 Å². The number of nitrogens with zero attached hydrogens (tertiary/aromatic N) is 2. The van der Waals surface area contributed by atoms with Gasteiger partial charge in [0.05, 0.1) is 17.9 Å². The van der Waals surface area contributed by atoms with Gasteiger partial charge in [0.2, 0.25) is 5.91 Å². The Kier molecular flexibility index (Phi) is 13.5. The molecule has 1 aliphatic heterocycles. The maximum absolute atomic E-state index is 11.7. The molecular formula is C15H27Cl3N4O. The minimum atomic E-state index is -0.00727. The molecule has 0 bridgehead atoms. The second-order valence-electron chi connectivity index (χ2n) is 5.02. The largest absolute Gasteiger partial charge is 0.367 e. The van der Waals surface area contributed by atoms with Gasteiger partial charge in [0.15, 0.2) is 0 Å². The van der Waals surface area contributed by atoms with E-state index in [1.165, 1.54) is 0 Å². The fourth-order valence-corrected chi connectivity index (χ4v) is 2.52. The number of piperazine rings is 1. The number of amides is 1. The molecule has 0 atom stereocenters. The second-order valence-corrected chi connectivity index (χ2v) is 5.02. The van der Waals surface area contributed by atoms with Crippen molar-refractivity contribution in [2.75, 3.05) is 56.5 Å². The van der Waals surface area contributed by atoms with Crippen molar-refractivity contribution in [3.8, 4) is 0 Å². The van der Waals surface area contributed by atoms with Crippen LogP contribution in [0.3, 0.4) is 0 Å². The van der Waals surface area contributed by atoms with Crippen LogP contribution in [0.2, 0.25) is 0 Å². The van der Waals surface area contributed by atoms with Gasteiger partial charge in [-0.05, 0) is 25.7 Å². The van der Waals surface area contributed by atoms with Gasteiger partial charge in [-0.25, -0.2) is 0 Å². The monoisotopic (exact) mass is 384 g/mol. The van der Waals surface area contributed by atoms with Crippen LogP contribution in [-0.2, 0) is 4.79 Å². The first-order valence-electron chi connectivity index (χ1n) is 7.25. The van der Waals surface area contributed by atoms with Crippen molar-refractivity contribution in [3.63, 3.8) is 0 Å². The molecule has 2 rings (SSSR count). The lowest BCUT2D eigenvalue weighted by atomic mass is 10.2. The number of hydrogen-bond donors (Lipinski definition) is 2. The average molecular weight is 386 g/mol. The molecule has 5 nitrogen and oxygen atoms in total. The molecule has 1 amide bonds. The Morgan fingerprint density at radius 3 is 2.26 bits per heavy atom. The lowest BCUT2D eigenvalue weighted by Gasteiger charge is -2.36. The Bertz CT molecular complexity index is 454. The van der Waals surface area contributed by atoms with Crippen LogP contribution in [0, 0.1) is 0 Å². The normalized spacial score (nSPS) is 14.1. The van der Waals surface area contributed by atoms with E-state index in [2.05, 4.69) is 33.4 Å². The standard InChI is InChI=1S/C15H24N4O.3ClH/c1-3-18-8-10-19(11-9-18)14-7-5-4-6-13(14)17-15(20)12-16-2;;;/h4-7,16H,3,8-12H2,1-2H3,(H,17,20);3*1H. The summed E-state index contributed by atoms with van der Waals surface area (Å²) in [6.45, 7) is 7.80. The van der Waals surface area contributed by atoms with Crippen molar-refractivity contribution in [1.82, 2.24) is 10.2 Å². The molecule has 2 N–H and O–H groups in total. The zero-order valence-corrected chi connectivity index (χ0v) is 16.0. The molecule has 1 fully saturated rings. The Morgan fingerprint density at radius 1 is 1.09 bits per heavy atom. The highest BCUT2D eigenvalue weighted by Crippen LogP contribution is 2.26. The van der Waals surface area contributed by atoms with Crippen LogP contribution in [0.15, 0.2) is 24.3 Å². The van der Waals surface area contributed by atoms with Gasteiger partial charge < -0.3 is 20.4 Å². The Morgan fingerprint density at radius 2 is 1.70 bits per heavy atom. The van der Waals surface area contributed by atoms with E-state index in [-0.39, 0.29) is 43.1 Å². The third-order valence-corrected chi connectivity index (χ3v) is 3.68. The van der Waals surface area contributed by atoms with E-state index in [4.69, 9.17) is 0 Å². The second kappa shape index (κ2) is 12.7. The Labute approximate surface area is 157 Å². The molecule has 8 heteroatoms. The van der Waals surface area contributed by atoms with Gasteiger partial charge in [0.1, 0.15) is 0 Å². The van der Waals surface area contributed by atoms with Crippen molar-refractivity contribution in [3.05, 3.63) is 24.3 Å². The smallest absolute Gasteiger partial charge is 0.238 e.